The molecule has 3 rings (SSSR count). The lowest BCUT2D eigenvalue weighted by Gasteiger charge is -2.06. The van der Waals surface area contributed by atoms with Gasteiger partial charge in [0.2, 0.25) is 5.69 Å². The molecule has 0 radical (unpaired) electrons. The second-order valence-electron chi connectivity index (χ2n) is 4.67. The largest absolute Gasteiger partial charge is 0.478 e. The highest BCUT2D eigenvalue weighted by Crippen LogP contribution is 2.35. The number of hydrogen-bond donors (Lipinski definition) is 1. The summed E-state index contributed by atoms with van der Waals surface area (Å²) in [7, 11) is 0. The summed E-state index contributed by atoms with van der Waals surface area (Å²) < 4.78 is 0.956. The molecule has 3 aromatic rings. The maximum Gasteiger partial charge on any atom is 0.336 e. The maximum absolute atomic E-state index is 11.3. The van der Waals surface area contributed by atoms with Crippen LogP contribution in [0.3, 0.4) is 0 Å². The monoisotopic (exact) mass is 329 g/mol. The average molecular weight is 329 g/mol. The van der Waals surface area contributed by atoms with Crippen molar-refractivity contribution in [3.05, 3.63) is 62.2 Å². The van der Waals surface area contributed by atoms with Crippen molar-refractivity contribution in [1.29, 1.82) is 0 Å². The molecule has 24 heavy (non-hydrogen) atoms. The number of carboxylic acid groups (broad SMARTS) is 1. The fourth-order valence-electron chi connectivity index (χ4n) is 2.26. The predicted octanol–water partition coefficient (Wildman–Crippen LogP) is 1.94. The van der Waals surface area contributed by atoms with E-state index in [0.29, 0.717) is 11.0 Å². The molecule has 1 N–H and O–H groups in total. The van der Waals surface area contributed by atoms with Crippen molar-refractivity contribution in [2.75, 3.05) is 0 Å². The minimum Gasteiger partial charge on any atom is -0.478 e. The van der Waals surface area contributed by atoms with Crippen LogP contribution < -0.4 is 0 Å². The fourth-order valence-corrected chi connectivity index (χ4v) is 2.26. The van der Waals surface area contributed by atoms with Crippen molar-refractivity contribution in [2.45, 2.75) is 0 Å². The minimum absolute atomic E-state index is 0.312. The van der Waals surface area contributed by atoms with Gasteiger partial charge in [-0.2, -0.15) is 4.68 Å². The molecule has 0 unspecified atom stereocenters. The van der Waals surface area contributed by atoms with Crippen LogP contribution in [0.25, 0.3) is 16.7 Å². The molecule has 2 aromatic carbocycles. The molecule has 120 valence electrons. The summed E-state index contributed by atoms with van der Waals surface area (Å²) >= 11 is 0. The smallest absolute Gasteiger partial charge is 0.336 e. The highest BCUT2D eigenvalue weighted by molar-refractivity contribution is 5.91. The van der Waals surface area contributed by atoms with Crippen LogP contribution in [0.4, 0.5) is 11.4 Å². The Bertz CT molecular complexity index is 976. The van der Waals surface area contributed by atoms with E-state index in [1.807, 2.05) is 0 Å². The van der Waals surface area contributed by atoms with Crippen LogP contribution in [0.15, 0.2) is 36.4 Å². The first-order valence-corrected chi connectivity index (χ1v) is 6.41. The van der Waals surface area contributed by atoms with E-state index in [1.54, 1.807) is 18.2 Å². The molecule has 0 fully saturated rings. The van der Waals surface area contributed by atoms with Crippen molar-refractivity contribution in [3.63, 3.8) is 0 Å². The molecule has 1 heterocycles. The number of carboxylic acids is 1. The van der Waals surface area contributed by atoms with Gasteiger partial charge in [-0.05, 0) is 12.1 Å². The summed E-state index contributed by atoms with van der Waals surface area (Å²) in [6, 6.07) is 7.90. The number of benzene rings is 2. The zero-order valence-corrected chi connectivity index (χ0v) is 11.7. The summed E-state index contributed by atoms with van der Waals surface area (Å²) in [5.41, 5.74) is -1.84. The second-order valence-corrected chi connectivity index (χ2v) is 4.67. The Kier molecular flexibility index (Phi) is 3.37. The van der Waals surface area contributed by atoms with Gasteiger partial charge in [0, 0.05) is 12.1 Å². The molecule has 0 aliphatic carbocycles. The van der Waals surface area contributed by atoms with Gasteiger partial charge in [0.05, 0.1) is 20.9 Å². The van der Waals surface area contributed by atoms with Crippen LogP contribution in [0.2, 0.25) is 0 Å². The quantitative estimate of drug-likeness (QED) is 0.562. The van der Waals surface area contributed by atoms with E-state index < -0.39 is 38.4 Å². The zero-order chi connectivity index (χ0) is 17.4. The summed E-state index contributed by atoms with van der Waals surface area (Å²) in [6.45, 7) is 0. The van der Waals surface area contributed by atoms with E-state index in [1.165, 1.54) is 6.07 Å². The molecule has 0 saturated carbocycles. The molecular formula is C13H7N5O6. The van der Waals surface area contributed by atoms with Gasteiger partial charge in [0.1, 0.15) is 5.52 Å². The van der Waals surface area contributed by atoms with Crippen LogP contribution in [0.5, 0.6) is 0 Å². The maximum atomic E-state index is 11.3. The van der Waals surface area contributed by atoms with Gasteiger partial charge in [0.15, 0.2) is 0 Å². The van der Waals surface area contributed by atoms with E-state index >= 15 is 0 Å². The number of aromatic nitrogens is 3. The zero-order valence-electron chi connectivity index (χ0n) is 11.7. The first-order valence-electron chi connectivity index (χ1n) is 6.41. The Labute approximate surface area is 132 Å². The molecule has 0 saturated heterocycles. The van der Waals surface area contributed by atoms with Crippen LogP contribution in [0.1, 0.15) is 10.4 Å². The van der Waals surface area contributed by atoms with Crippen LogP contribution in [-0.2, 0) is 0 Å². The molecule has 0 amide bonds. The standard InChI is InChI=1S/C13H7N5O6/c19-13(20)7-5-10(17(21)22)12(11(6-7)18(23)24)16-9-4-2-1-3-8(9)14-15-16/h1-6H,(H,19,20). The minimum atomic E-state index is -1.52. The molecule has 0 spiro atoms. The van der Waals surface area contributed by atoms with E-state index in [0.717, 1.165) is 16.8 Å². The van der Waals surface area contributed by atoms with Gasteiger partial charge < -0.3 is 5.11 Å². The lowest BCUT2D eigenvalue weighted by atomic mass is 10.1. The van der Waals surface area contributed by atoms with Gasteiger partial charge >= 0.3 is 17.3 Å². The summed E-state index contributed by atoms with van der Waals surface area (Å²) in [6.07, 6.45) is 0. The van der Waals surface area contributed by atoms with E-state index in [9.17, 15) is 25.0 Å². The fraction of sp³-hybridized carbons (Fsp3) is 0. The van der Waals surface area contributed by atoms with Crippen molar-refractivity contribution in [2.24, 2.45) is 0 Å². The van der Waals surface area contributed by atoms with E-state index in [4.69, 9.17) is 5.11 Å². The number of carbonyl (C=O) groups is 1. The van der Waals surface area contributed by atoms with E-state index in [-0.39, 0.29) is 0 Å². The molecule has 0 atom stereocenters. The van der Waals surface area contributed by atoms with Crippen molar-refractivity contribution < 1.29 is 19.7 Å². The highest BCUT2D eigenvalue weighted by atomic mass is 16.6. The number of para-hydroxylation sites is 1. The Morgan fingerprint density at radius 3 is 2.21 bits per heavy atom. The number of rotatable bonds is 4. The molecule has 0 aliphatic rings. The molecule has 1 aromatic heterocycles. The van der Waals surface area contributed by atoms with Crippen molar-refractivity contribution in [1.82, 2.24) is 15.0 Å². The Balaban J connectivity index is 2.43. The number of aromatic carboxylic acids is 1. The third-order valence-electron chi connectivity index (χ3n) is 3.27. The van der Waals surface area contributed by atoms with Gasteiger partial charge in [-0.25, -0.2) is 4.79 Å². The lowest BCUT2D eigenvalue weighted by Crippen LogP contribution is -2.09. The Morgan fingerprint density at radius 1 is 1.08 bits per heavy atom. The summed E-state index contributed by atoms with van der Waals surface area (Å²) in [4.78, 5) is 31.9. The lowest BCUT2D eigenvalue weighted by molar-refractivity contribution is -0.393. The van der Waals surface area contributed by atoms with Crippen LogP contribution in [0, 0.1) is 20.2 Å². The van der Waals surface area contributed by atoms with Gasteiger partial charge in [0.25, 0.3) is 0 Å². The van der Waals surface area contributed by atoms with Crippen molar-refractivity contribution >= 4 is 28.4 Å². The predicted molar refractivity (Wildman–Crippen MR) is 79.1 cm³/mol. The number of nitro groups is 2. The van der Waals surface area contributed by atoms with Gasteiger partial charge in [-0.15, -0.1) is 5.10 Å². The van der Waals surface area contributed by atoms with E-state index in [2.05, 4.69) is 10.3 Å². The summed E-state index contributed by atoms with van der Waals surface area (Å²) in [5.74, 6) is -1.52. The van der Waals surface area contributed by atoms with Crippen LogP contribution in [-0.4, -0.2) is 35.9 Å². The Hall–Kier alpha value is -3.89. The van der Waals surface area contributed by atoms with Gasteiger partial charge in [-0.1, -0.05) is 17.3 Å². The average Bonchev–Trinajstić information content (AvgIpc) is 2.97. The Morgan fingerprint density at radius 2 is 1.67 bits per heavy atom. The highest BCUT2D eigenvalue weighted by Gasteiger charge is 2.31. The topological polar surface area (TPSA) is 154 Å². The summed E-state index contributed by atoms with van der Waals surface area (Å²) in [5, 5.41) is 39.2. The third-order valence-corrected chi connectivity index (χ3v) is 3.27. The molecule has 0 aliphatic heterocycles. The number of nitrogens with zero attached hydrogens (tertiary/aromatic N) is 5. The number of fused-ring (bicyclic) bond motifs is 1. The SMILES string of the molecule is O=C(O)c1cc([N+](=O)[O-])c(-n2nnc3ccccc32)c([N+](=O)[O-])c1. The third kappa shape index (κ3) is 2.29. The van der Waals surface area contributed by atoms with Gasteiger partial charge in [-0.3, -0.25) is 20.2 Å². The molecule has 11 heteroatoms. The molecular weight excluding hydrogens is 322 g/mol. The number of nitro benzene ring substituents is 2. The number of hydrogen-bond acceptors (Lipinski definition) is 7. The molecule has 0 bridgehead atoms. The molecule has 11 nitrogen and oxygen atoms in total. The van der Waals surface area contributed by atoms with Crippen LogP contribution >= 0.6 is 0 Å². The first kappa shape index (κ1) is 15.0. The second kappa shape index (κ2) is 5.39. The normalized spacial score (nSPS) is 10.7. The van der Waals surface area contributed by atoms with Crippen molar-refractivity contribution in [3.8, 4) is 5.69 Å². The first-order chi connectivity index (χ1) is 11.4.